The van der Waals surface area contributed by atoms with Crippen LogP contribution in [0.2, 0.25) is 5.02 Å². The van der Waals surface area contributed by atoms with Gasteiger partial charge in [-0.05, 0) is 30.7 Å². The SMILES string of the molecule is COC(=O)c1cc(NC(=O)CC(C)CN)ccc1Cl. The number of anilines is 1. The van der Waals surface area contributed by atoms with Crippen molar-refractivity contribution >= 4 is 29.2 Å². The Balaban J connectivity index is 2.80. The second-order valence-corrected chi connectivity index (χ2v) is 4.69. The summed E-state index contributed by atoms with van der Waals surface area (Å²) in [5.41, 5.74) is 6.17. The number of methoxy groups -OCH3 is 1. The maximum Gasteiger partial charge on any atom is 0.339 e. The molecule has 0 bridgehead atoms. The molecule has 1 aromatic rings. The number of rotatable bonds is 5. The second kappa shape index (κ2) is 7.11. The molecule has 19 heavy (non-hydrogen) atoms. The van der Waals surface area contributed by atoms with Crippen molar-refractivity contribution in [3.63, 3.8) is 0 Å². The number of hydrogen-bond donors (Lipinski definition) is 2. The molecule has 5 nitrogen and oxygen atoms in total. The van der Waals surface area contributed by atoms with Crippen LogP contribution in [0.1, 0.15) is 23.7 Å². The molecular weight excluding hydrogens is 268 g/mol. The van der Waals surface area contributed by atoms with Crippen molar-refractivity contribution in [2.24, 2.45) is 11.7 Å². The van der Waals surface area contributed by atoms with Crippen molar-refractivity contribution in [3.8, 4) is 0 Å². The summed E-state index contributed by atoms with van der Waals surface area (Å²) in [6.45, 7) is 2.34. The van der Waals surface area contributed by atoms with Crippen LogP contribution in [0.4, 0.5) is 5.69 Å². The van der Waals surface area contributed by atoms with E-state index in [0.717, 1.165) is 0 Å². The van der Waals surface area contributed by atoms with E-state index in [4.69, 9.17) is 17.3 Å². The third-order valence-electron chi connectivity index (χ3n) is 2.59. The van der Waals surface area contributed by atoms with Crippen LogP contribution in [0.3, 0.4) is 0 Å². The van der Waals surface area contributed by atoms with Crippen LogP contribution in [0, 0.1) is 5.92 Å². The Morgan fingerprint density at radius 1 is 1.47 bits per heavy atom. The van der Waals surface area contributed by atoms with E-state index in [0.29, 0.717) is 18.7 Å². The molecule has 0 heterocycles. The van der Waals surface area contributed by atoms with E-state index < -0.39 is 5.97 Å². The Kier molecular flexibility index (Phi) is 5.79. The summed E-state index contributed by atoms with van der Waals surface area (Å²) in [5, 5.41) is 2.97. The first-order valence-electron chi connectivity index (χ1n) is 5.85. The predicted octanol–water partition coefficient (Wildman–Crippen LogP) is 2.05. The molecule has 1 aromatic carbocycles. The molecule has 0 aliphatic carbocycles. The molecule has 6 heteroatoms. The van der Waals surface area contributed by atoms with E-state index in [2.05, 4.69) is 10.1 Å². The number of halogens is 1. The summed E-state index contributed by atoms with van der Waals surface area (Å²) >= 11 is 5.88. The summed E-state index contributed by atoms with van der Waals surface area (Å²) in [7, 11) is 1.27. The standard InChI is InChI=1S/C13H17ClN2O3/c1-8(7-15)5-12(17)16-9-3-4-11(14)10(6-9)13(18)19-2/h3-4,6,8H,5,7,15H2,1-2H3,(H,16,17). The lowest BCUT2D eigenvalue weighted by Gasteiger charge is -2.10. The Bertz CT molecular complexity index is 477. The maximum absolute atomic E-state index is 11.7. The van der Waals surface area contributed by atoms with E-state index in [1.807, 2.05) is 6.92 Å². The number of nitrogens with one attached hydrogen (secondary N) is 1. The lowest BCUT2D eigenvalue weighted by atomic mass is 10.1. The van der Waals surface area contributed by atoms with Gasteiger partial charge < -0.3 is 15.8 Å². The molecule has 1 unspecified atom stereocenters. The van der Waals surface area contributed by atoms with Gasteiger partial charge in [0.15, 0.2) is 0 Å². The normalized spacial score (nSPS) is 11.8. The summed E-state index contributed by atoms with van der Waals surface area (Å²) in [5.74, 6) is -0.597. The molecule has 0 spiro atoms. The second-order valence-electron chi connectivity index (χ2n) is 4.28. The summed E-state index contributed by atoms with van der Waals surface area (Å²) in [4.78, 5) is 23.2. The Hall–Kier alpha value is -1.59. The highest BCUT2D eigenvalue weighted by Gasteiger charge is 2.13. The predicted molar refractivity (Wildman–Crippen MR) is 74.3 cm³/mol. The molecule has 1 atom stereocenters. The minimum absolute atomic E-state index is 0.104. The minimum Gasteiger partial charge on any atom is -0.465 e. The molecule has 0 saturated heterocycles. The van der Waals surface area contributed by atoms with Gasteiger partial charge in [0.25, 0.3) is 0 Å². The first-order chi connectivity index (χ1) is 8.97. The highest BCUT2D eigenvalue weighted by molar-refractivity contribution is 6.33. The van der Waals surface area contributed by atoms with Gasteiger partial charge in [-0.1, -0.05) is 18.5 Å². The fraction of sp³-hybridized carbons (Fsp3) is 0.385. The number of carbonyl (C=O) groups excluding carboxylic acids is 2. The fourth-order valence-corrected chi connectivity index (χ4v) is 1.68. The Morgan fingerprint density at radius 2 is 2.16 bits per heavy atom. The topological polar surface area (TPSA) is 81.4 Å². The summed E-state index contributed by atoms with van der Waals surface area (Å²) < 4.78 is 4.61. The number of ether oxygens (including phenoxy) is 1. The Morgan fingerprint density at radius 3 is 2.74 bits per heavy atom. The van der Waals surface area contributed by atoms with Crippen LogP contribution in [-0.2, 0) is 9.53 Å². The number of nitrogens with two attached hydrogens (primary N) is 1. The molecule has 104 valence electrons. The van der Waals surface area contributed by atoms with E-state index >= 15 is 0 Å². The lowest BCUT2D eigenvalue weighted by molar-refractivity contribution is -0.116. The zero-order valence-corrected chi connectivity index (χ0v) is 11.7. The van der Waals surface area contributed by atoms with Gasteiger partial charge in [0, 0.05) is 12.1 Å². The van der Waals surface area contributed by atoms with Gasteiger partial charge in [0.2, 0.25) is 5.91 Å². The first-order valence-corrected chi connectivity index (χ1v) is 6.23. The van der Waals surface area contributed by atoms with Crippen molar-refractivity contribution in [3.05, 3.63) is 28.8 Å². The minimum atomic E-state index is -0.545. The molecule has 1 amide bonds. The third-order valence-corrected chi connectivity index (χ3v) is 2.92. The molecule has 0 saturated carbocycles. The van der Waals surface area contributed by atoms with E-state index in [1.54, 1.807) is 6.07 Å². The average molecular weight is 285 g/mol. The first kappa shape index (κ1) is 15.5. The zero-order chi connectivity index (χ0) is 14.4. The number of hydrogen-bond acceptors (Lipinski definition) is 4. The molecule has 0 fully saturated rings. The number of benzene rings is 1. The number of esters is 1. The summed E-state index contributed by atoms with van der Waals surface area (Å²) in [6, 6.07) is 4.65. The van der Waals surface area contributed by atoms with Crippen molar-refractivity contribution in [2.75, 3.05) is 19.0 Å². The van der Waals surface area contributed by atoms with Gasteiger partial charge in [-0.25, -0.2) is 4.79 Å². The van der Waals surface area contributed by atoms with Crippen LogP contribution in [0.5, 0.6) is 0 Å². The maximum atomic E-state index is 11.7. The van der Waals surface area contributed by atoms with Crippen molar-refractivity contribution < 1.29 is 14.3 Å². The van der Waals surface area contributed by atoms with Gasteiger partial charge in [0.05, 0.1) is 17.7 Å². The van der Waals surface area contributed by atoms with Crippen LogP contribution in [0.15, 0.2) is 18.2 Å². The zero-order valence-electron chi connectivity index (χ0n) is 10.9. The van der Waals surface area contributed by atoms with E-state index in [9.17, 15) is 9.59 Å². The molecule has 1 rings (SSSR count). The molecule has 3 N–H and O–H groups in total. The Labute approximate surface area is 117 Å². The third kappa shape index (κ3) is 4.54. The number of amides is 1. The molecule has 0 aromatic heterocycles. The smallest absolute Gasteiger partial charge is 0.339 e. The van der Waals surface area contributed by atoms with Gasteiger partial charge in [-0.3, -0.25) is 4.79 Å². The monoisotopic (exact) mass is 284 g/mol. The van der Waals surface area contributed by atoms with Gasteiger partial charge >= 0.3 is 5.97 Å². The summed E-state index contributed by atoms with van der Waals surface area (Å²) in [6.07, 6.45) is 0.326. The van der Waals surface area contributed by atoms with Gasteiger partial charge in [-0.2, -0.15) is 0 Å². The highest BCUT2D eigenvalue weighted by atomic mass is 35.5. The number of carbonyl (C=O) groups is 2. The molecule has 0 aliphatic rings. The van der Waals surface area contributed by atoms with Crippen molar-refractivity contribution in [1.82, 2.24) is 0 Å². The fourth-order valence-electron chi connectivity index (χ4n) is 1.48. The van der Waals surface area contributed by atoms with Crippen LogP contribution in [0.25, 0.3) is 0 Å². The van der Waals surface area contributed by atoms with E-state index in [1.165, 1.54) is 19.2 Å². The molecular formula is C13H17ClN2O3. The van der Waals surface area contributed by atoms with Crippen LogP contribution in [-0.4, -0.2) is 25.5 Å². The lowest BCUT2D eigenvalue weighted by Crippen LogP contribution is -2.20. The van der Waals surface area contributed by atoms with Gasteiger partial charge in [-0.15, -0.1) is 0 Å². The average Bonchev–Trinajstić information content (AvgIpc) is 2.39. The molecule has 0 radical (unpaired) electrons. The van der Waals surface area contributed by atoms with Crippen molar-refractivity contribution in [2.45, 2.75) is 13.3 Å². The van der Waals surface area contributed by atoms with E-state index in [-0.39, 0.29) is 22.4 Å². The van der Waals surface area contributed by atoms with Crippen LogP contribution >= 0.6 is 11.6 Å². The van der Waals surface area contributed by atoms with Crippen LogP contribution < -0.4 is 11.1 Å². The molecule has 0 aliphatic heterocycles. The quantitative estimate of drug-likeness (QED) is 0.811. The van der Waals surface area contributed by atoms with Gasteiger partial charge in [0.1, 0.15) is 0 Å². The van der Waals surface area contributed by atoms with Crippen molar-refractivity contribution in [1.29, 1.82) is 0 Å². The highest BCUT2D eigenvalue weighted by Crippen LogP contribution is 2.21. The largest absolute Gasteiger partial charge is 0.465 e.